The molecule has 0 aliphatic rings. The van der Waals surface area contributed by atoms with Crippen molar-refractivity contribution in [2.75, 3.05) is 0 Å². The summed E-state index contributed by atoms with van der Waals surface area (Å²) in [6, 6.07) is 15.0. The van der Waals surface area contributed by atoms with Crippen molar-refractivity contribution in [3.63, 3.8) is 0 Å². The van der Waals surface area contributed by atoms with Crippen LogP contribution in [0.4, 0.5) is 0 Å². The Balaban J connectivity index is 1.67. The highest BCUT2D eigenvalue weighted by atomic mass is 15.3. The standard InChI is InChI=1S/C20H25N3/c1-2-3-4-5-6-7-10-16-11-8-12-17(15-16)18-13-9-14-19-20(18)22-23-21-19/h8-9,11-15H,2-7,10H2,1H3,(H,21,22,23). The lowest BCUT2D eigenvalue weighted by molar-refractivity contribution is 0.607. The fourth-order valence-corrected chi connectivity index (χ4v) is 3.11. The quantitative estimate of drug-likeness (QED) is 0.556. The minimum atomic E-state index is 0.948. The maximum Gasteiger partial charge on any atom is 0.120 e. The summed E-state index contributed by atoms with van der Waals surface area (Å²) < 4.78 is 0. The smallest absolute Gasteiger partial charge is 0.120 e. The number of nitrogens with one attached hydrogen (secondary N) is 1. The minimum absolute atomic E-state index is 0.948. The van der Waals surface area contributed by atoms with Gasteiger partial charge in [0.2, 0.25) is 0 Å². The first-order valence-corrected chi connectivity index (χ1v) is 8.77. The molecule has 3 aromatic rings. The summed E-state index contributed by atoms with van der Waals surface area (Å²) >= 11 is 0. The van der Waals surface area contributed by atoms with Gasteiger partial charge in [-0.3, -0.25) is 5.10 Å². The number of hydrogen-bond donors (Lipinski definition) is 1. The van der Waals surface area contributed by atoms with Crippen molar-refractivity contribution in [3.05, 3.63) is 48.0 Å². The van der Waals surface area contributed by atoms with Gasteiger partial charge in [0.1, 0.15) is 5.52 Å². The summed E-state index contributed by atoms with van der Waals surface area (Å²) in [5, 5.41) is 11.1. The van der Waals surface area contributed by atoms with Crippen molar-refractivity contribution >= 4 is 11.0 Å². The van der Waals surface area contributed by atoms with Crippen LogP contribution in [0.5, 0.6) is 0 Å². The van der Waals surface area contributed by atoms with Gasteiger partial charge in [0.25, 0.3) is 0 Å². The van der Waals surface area contributed by atoms with E-state index in [1.54, 1.807) is 0 Å². The Morgan fingerprint density at radius 1 is 0.913 bits per heavy atom. The third-order valence-electron chi connectivity index (χ3n) is 4.41. The van der Waals surface area contributed by atoms with E-state index in [0.717, 1.165) is 23.0 Å². The third-order valence-corrected chi connectivity index (χ3v) is 4.41. The van der Waals surface area contributed by atoms with E-state index in [9.17, 15) is 0 Å². The van der Waals surface area contributed by atoms with Crippen molar-refractivity contribution in [1.29, 1.82) is 0 Å². The molecule has 3 rings (SSSR count). The number of aryl methyl sites for hydroxylation is 1. The van der Waals surface area contributed by atoms with E-state index in [2.05, 4.69) is 58.7 Å². The first-order chi connectivity index (χ1) is 11.4. The summed E-state index contributed by atoms with van der Waals surface area (Å²) in [5.41, 5.74) is 5.74. The molecule has 2 aromatic carbocycles. The van der Waals surface area contributed by atoms with E-state index >= 15 is 0 Å². The van der Waals surface area contributed by atoms with Gasteiger partial charge in [-0.2, -0.15) is 0 Å². The monoisotopic (exact) mass is 307 g/mol. The zero-order valence-corrected chi connectivity index (χ0v) is 13.9. The van der Waals surface area contributed by atoms with Gasteiger partial charge in [0.15, 0.2) is 0 Å². The average molecular weight is 307 g/mol. The summed E-state index contributed by atoms with van der Waals surface area (Å²) in [4.78, 5) is 0. The minimum Gasteiger partial charge on any atom is -0.258 e. The third kappa shape index (κ3) is 3.98. The van der Waals surface area contributed by atoms with Crippen LogP contribution in [0.3, 0.4) is 0 Å². The van der Waals surface area contributed by atoms with E-state index in [-0.39, 0.29) is 0 Å². The molecule has 0 bridgehead atoms. The molecule has 1 heterocycles. The van der Waals surface area contributed by atoms with Gasteiger partial charge in [-0.05, 0) is 30.0 Å². The second-order valence-electron chi connectivity index (χ2n) is 6.23. The van der Waals surface area contributed by atoms with Gasteiger partial charge in [-0.1, -0.05) is 80.6 Å². The van der Waals surface area contributed by atoms with E-state index in [1.807, 2.05) is 6.07 Å². The molecule has 0 fully saturated rings. The predicted octanol–water partition coefficient (Wildman–Crippen LogP) is 5.53. The molecule has 0 amide bonds. The highest BCUT2D eigenvalue weighted by Crippen LogP contribution is 2.27. The molecule has 1 N–H and O–H groups in total. The summed E-state index contributed by atoms with van der Waals surface area (Å²) in [5.74, 6) is 0. The SMILES string of the molecule is CCCCCCCCc1cccc(-c2cccc3[nH]nnc23)c1. The lowest BCUT2D eigenvalue weighted by Gasteiger charge is -2.06. The summed E-state index contributed by atoms with van der Waals surface area (Å²) in [7, 11) is 0. The molecule has 3 heteroatoms. The molecule has 0 saturated carbocycles. The first-order valence-electron chi connectivity index (χ1n) is 8.77. The van der Waals surface area contributed by atoms with Crippen molar-refractivity contribution in [2.24, 2.45) is 0 Å². The molecule has 0 atom stereocenters. The Morgan fingerprint density at radius 3 is 2.65 bits per heavy atom. The van der Waals surface area contributed by atoms with Crippen molar-refractivity contribution in [1.82, 2.24) is 15.4 Å². The van der Waals surface area contributed by atoms with E-state index in [0.29, 0.717) is 0 Å². The highest BCUT2D eigenvalue weighted by Gasteiger charge is 2.07. The fraction of sp³-hybridized carbons (Fsp3) is 0.400. The van der Waals surface area contributed by atoms with Crippen LogP contribution in [0.2, 0.25) is 0 Å². The molecule has 0 aliphatic heterocycles. The maximum atomic E-state index is 4.22. The van der Waals surface area contributed by atoms with Gasteiger partial charge in [-0.15, -0.1) is 5.10 Å². The second-order valence-corrected chi connectivity index (χ2v) is 6.23. The molecule has 0 saturated heterocycles. The molecule has 3 nitrogen and oxygen atoms in total. The maximum absolute atomic E-state index is 4.22. The number of benzene rings is 2. The molecule has 0 radical (unpaired) electrons. The van der Waals surface area contributed by atoms with Crippen molar-refractivity contribution < 1.29 is 0 Å². The number of nitrogens with zero attached hydrogens (tertiary/aromatic N) is 2. The topological polar surface area (TPSA) is 41.6 Å². The molecular weight excluding hydrogens is 282 g/mol. The summed E-state index contributed by atoms with van der Waals surface area (Å²) in [6.45, 7) is 2.26. The van der Waals surface area contributed by atoms with Gasteiger partial charge >= 0.3 is 0 Å². The largest absolute Gasteiger partial charge is 0.258 e. The number of aromatic amines is 1. The van der Waals surface area contributed by atoms with Crippen LogP contribution >= 0.6 is 0 Å². The zero-order valence-electron chi connectivity index (χ0n) is 13.9. The molecule has 0 unspecified atom stereocenters. The van der Waals surface area contributed by atoms with E-state index < -0.39 is 0 Å². The second kappa shape index (κ2) is 7.91. The normalized spacial score (nSPS) is 11.2. The molecule has 0 aliphatic carbocycles. The Kier molecular flexibility index (Phi) is 5.41. The van der Waals surface area contributed by atoms with Gasteiger partial charge in [0.05, 0.1) is 5.52 Å². The number of hydrogen-bond acceptors (Lipinski definition) is 2. The Hall–Kier alpha value is -2.16. The highest BCUT2D eigenvalue weighted by molar-refractivity contribution is 5.91. The lowest BCUT2D eigenvalue weighted by Crippen LogP contribution is -1.88. The van der Waals surface area contributed by atoms with Gasteiger partial charge in [0, 0.05) is 5.56 Å². The summed E-state index contributed by atoms with van der Waals surface area (Å²) in [6.07, 6.45) is 9.21. The number of rotatable bonds is 8. The van der Waals surface area contributed by atoms with Crippen LogP contribution in [0, 0.1) is 0 Å². The van der Waals surface area contributed by atoms with Crippen LogP contribution in [0.25, 0.3) is 22.2 Å². The fourth-order valence-electron chi connectivity index (χ4n) is 3.11. The molecule has 120 valence electrons. The Bertz CT molecular complexity index is 745. The molecular formula is C20H25N3. The van der Waals surface area contributed by atoms with E-state index in [4.69, 9.17) is 0 Å². The average Bonchev–Trinajstić information content (AvgIpc) is 3.07. The van der Waals surface area contributed by atoms with Gasteiger partial charge < -0.3 is 0 Å². The number of aromatic nitrogens is 3. The number of unbranched alkanes of at least 4 members (excludes halogenated alkanes) is 5. The number of H-pyrrole nitrogens is 1. The molecule has 0 spiro atoms. The first kappa shape index (κ1) is 15.7. The van der Waals surface area contributed by atoms with Crippen molar-refractivity contribution in [3.8, 4) is 11.1 Å². The van der Waals surface area contributed by atoms with Crippen LogP contribution < -0.4 is 0 Å². The van der Waals surface area contributed by atoms with E-state index in [1.165, 1.54) is 49.7 Å². The lowest BCUT2D eigenvalue weighted by atomic mass is 9.99. The van der Waals surface area contributed by atoms with Crippen LogP contribution in [-0.4, -0.2) is 15.4 Å². The molecule has 1 aromatic heterocycles. The van der Waals surface area contributed by atoms with Gasteiger partial charge in [-0.25, -0.2) is 0 Å². The Morgan fingerprint density at radius 2 is 1.74 bits per heavy atom. The Labute approximate surface area is 138 Å². The van der Waals surface area contributed by atoms with Crippen LogP contribution in [0.1, 0.15) is 51.0 Å². The van der Waals surface area contributed by atoms with Crippen LogP contribution in [0.15, 0.2) is 42.5 Å². The zero-order chi connectivity index (χ0) is 15.9. The molecule has 23 heavy (non-hydrogen) atoms. The van der Waals surface area contributed by atoms with Crippen molar-refractivity contribution in [2.45, 2.75) is 51.9 Å². The number of fused-ring (bicyclic) bond motifs is 1. The predicted molar refractivity (Wildman–Crippen MR) is 96.4 cm³/mol. The van der Waals surface area contributed by atoms with Crippen LogP contribution in [-0.2, 0) is 6.42 Å².